The topological polar surface area (TPSA) is 86.6 Å². The molecule has 156 valence electrons. The number of benzene rings is 2. The van der Waals surface area contributed by atoms with Crippen molar-refractivity contribution in [1.82, 2.24) is 9.29 Å². The lowest BCUT2D eigenvalue weighted by atomic mass is 10.1. The molecule has 0 fully saturated rings. The molecule has 0 saturated heterocycles. The maximum absolute atomic E-state index is 13.0. The highest BCUT2D eigenvalue weighted by molar-refractivity contribution is 7.89. The normalized spacial score (nSPS) is 13.0. The molecule has 2 aromatic carbocycles. The van der Waals surface area contributed by atoms with E-state index in [0.29, 0.717) is 21.8 Å². The van der Waals surface area contributed by atoms with Crippen LogP contribution < -0.4 is 19.1 Å². The van der Waals surface area contributed by atoms with Gasteiger partial charge in [-0.2, -0.15) is 0 Å². The number of rotatable bonds is 7. The molecule has 9 heteroatoms. The molecule has 0 saturated carbocycles. The molecule has 29 heavy (non-hydrogen) atoms. The van der Waals surface area contributed by atoms with Crippen molar-refractivity contribution in [3.63, 3.8) is 0 Å². The molecule has 1 aromatic heterocycles. The number of hydrogen-bond donors (Lipinski definition) is 1. The second-order valence-electron chi connectivity index (χ2n) is 6.91. The number of hydrogen-bond acceptors (Lipinski definition) is 6. The Labute approximate surface area is 173 Å². The molecular formula is C20H24N2O5S2. The van der Waals surface area contributed by atoms with Crippen LogP contribution in [0.25, 0.3) is 10.2 Å². The summed E-state index contributed by atoms with van der Waals surface area (Å²) in [6.45, 7) is 5.58. The van der Waals surface area contributed by atoms with Crippen molar-refractivity contribution in [1.29, 1.82) is 0 Å². The van der Waals surface area contributed by atoms with E-state index in [0.717, 1.165) is 16.9 Å². The fraction of sp³-hybridized carbons (Fsp3) is 0.350. The van der Waals surface area contributed by atoms with E-state index >= 15 is 0 Å². The molecule has 0 aliphatic carbocycles. The first-order chi connectivity index (χ1) is 13.7. The van der Waals surface area contributed by atoms with Crippen LogP contribution in [0.3, 0.4) is 0 Å². The minimum Gasteiger partial charge on any atom is -0.497 e. The van der Waals surface area contributed by atoms with Gasteiger partial charge in [-0.3, -0.25) is 9.36 Å². The van der Waals surface area contributed by atoms with E-state index in [4.69, 9.17) is 9.47 Å². The Balaban J connectivity index is 1.96. The first-order valence-electron chi connectivity index (χ1n) is 9.07. The third-order valence-corrected chi connectivity index (χ3v) is 7.10. The van der Waals surface area contributed by atoms with Gasteiger partial charge in [-0.05, 0) is 57.2 Å². The summed E-state index contributed by atoms with van der Waals surface area (Å²) in [6.07, 6.45) is 0. The molecule has 0 bridgehead atoms. The Morgan fingerprint density at radius 2 is 1.76 bits per heavy atom. The summed E-state index contributed by atoms with van der Waals surface area (Å²) in [5.74, 6) is 1.16. The van der Waals surface area contributed by atoms with Crippen LogP contribution in [0.2, 0.25) is 0 Å². The fourth-order valence-electron chi connectivity index (χ4n) is 3.22. The third kappa shape index (κ3) is 4.17. The number of nitrogens with zero attached hydrogens (tertiary/aromatic N) is 1. The van der Waals surface area contributed by atoms with E-state index in [1.807, 2.05) is 13.8 Å². The summed E-state index contributed by atoms with van der Waals surface area (Å²) in [7, 11) is -0.743. The van der Waals surface area contributed by atoms with Crippen molar-refractivity contribution >= 4 is 31.6 Å². The second-order valence-corrected chi connectivity index (χ2v) is 9.62. The van der Waals surface area contributed by atoms with Gasteiger partial charge in [0, 0.05) is 17.6 Å². The third-order valence-electron chi connectivity index (χ3n) is 4.65. The van der Waals surface area contributed by atoms with E-state index < -0.39 is 16.1 Å². The van der Waals surface area contributed by atoms with Gasteiger partial charge in [0.05, 0.1) is 29.3 Å². The fourth-order valence-corrected chi connectivity index (χ4v) is 5.59. The summed E-state index contributed by atoms with van der Waals surface area (Å²) in [6, 6.07) is 9.40. The zero-order valence-electron chi connectivity index (χ0n) is 16.9. The standard InChI is InChI=1S/C20H24N2O5S2/c1-12(2)22-17-8-7-15(11-19(17)28-20(22)23)29(24,25)21-13(3)16-10-14(26-4)6-9-18(16)27-5/h6-13,21H,1-5H3. The van der Waals surface area contributed by atoms with Crippen molar-refractivity contribution in [3.05, 3.63) is 51.6 Å². The van der Waals surface area contributed by atoms with Gasteiger partial charge < -0.3 is 9.47 Å². The minimum absolute atomic E-state index is 0.00243. The summed E-state index contributed by atoms with van der Waals surface area (Å²) in [5, 5.41) is 0. The second kappa shape index (κ2) is 8.17. The van der Waals surface area contributed by atoms with Gasteiger partial charge in [0.1, 0.15) is 11.5 Å². The Bertz CT molecular complexity index is 1200. The Morgan fingerprint density at radius 1 is 1.03 bits per heavy atom. The van der Waals surface area contributed by atoms with Crippen molar-refractivity contribution in [2.24, 2.45) is 0 Å². The zero-order valence-corrected chi connectivity index (χ0v) is 18.6. The van der Waals surface area contributed by atoms with Crippen LogP contribution >= 0.6 is 11.3 Å². The molecule has 0 spiro atoms. The van der Waals surface area contributed by atoms with Crippen molar-refractivity contribution in [2.45, 2.75) is 37.8 Å². The number of methoxy groups -OCH3 is 2. The quantitative estimate of drug-likeness (QED) is 0.610. The highest BCUT2D eigenvalue weighted by atomic mass is 32.2. The van der Waals surface area contributed by atoms with Crippen LogP contribution in [0.4, 0.5) is 0 Å². The molecule has 1 N–H and O–H groups in total. The predicted octanol–water partition coefficient (Wildman–Crippen LogP) is 3.70. The van der Waals surface area contributed by atoms with Gasteiger partial charge in [-0.1, -0.05) is 11.3 Å². The molecule has 0 amide bonds. The van der Waals surface area contributed by atoms with E-state index in [1.54, 1.807) is 42.9 Å². The largest absolute Gasteiger partial charge is 0.497 e. The first kappa shape index (κ1) is 21.4. The highest BCUT2D eigenvalue weighted by Crippen LogP contribution is 2.31. The number of sulfonamides is 1. The summed E-state index contributed by atoms with van der Waals surface area (Å²) in [4.78, 5) is 12.2. The number of aromatic nitrogens is 1. The molecule has 3 rings (SSSR count). The molecule has 0 radical (unpaired) electrons. The van der Waals surface area contributed by atoms with Gasteiger partial charge in [-0.15, -0.1) is 0 Å². The van der Waals surface area contributed by atoms with E-state index in [-0.39, 0.29) is 15.8 Å². The summed E-state index contributed by atoms with van der Waals surface area (Å²) in [5.41, 5.74) is 1.39. The van der Waals surface area contributed by atoms with Gasteiger partial charge in [0.15, 0.2) is 0 Å². The van der Waals surface area contributed by atoms with E-state index in [1.165, 1.54) is 19.2 Å². The molecule has 0 aliphatic heterocycles. The summed E-state index contributed by atoms with van der Waals surface area (Å²) >= 11 is 1.04. The van der Waals surface area contributed by atoms with Gasteiger partial charge in [0.2, 0.25) is 10.0 Å². The molecule has 1 atom stereocenters. The van der Waals surface area contributed by atoms with E-state index in [2.05, 4.69) is 4.72 Å². The lowest BCUT2D eigenvalue weighted by molar-refractivity contribution is 0.395. The Hall–Kier alpha value is -2.36. The maximum Gasteiger partial charge on any atom is 0.308 e. The highest BCUT2D eigenvalue weighted by Gasteiger charge is 2.22. The molecule has 1 heterocycles. The Morgan fingerprint density at radius 3 is 2.38 bits per heavy atom. The Kier molecular flexibility index (Phi) is 6.02. The zero-order chi connectivity index (χ0) is 21.3. The number of ether oxygens (including phenoxy) is 2. The monoisotopic (exact) mass is 436 g/mol. The van der Waals surface area contributed by atoms with Crippen LogP contribution in [0.1, 0.15) is 38.4 Å². The van der Waals surface area contributed by atoms with Crippen molar-refractivity contribution < 1.29 is 17.9 Å². The van der Waals surface area contributed by atoms with Crippen molar-refractivity contribution in [2.75, 3.05) is 14.2 Å². The molecule has 7 nitrogen and oxygen atoms in total. The lowest BCUT2D eigenvalue weighted by Gasteiger charge is -2.18. The molecule has 1 unspecified atom stereocenters. The van der Waals surface area contributed by atoms with Crippen LogP contribution in [0.5, 0.6) is 11.5 Å². The smallest absolute Gasteiger partial charge is 0.308 e. The van der Waals surface area contributed by atoms with Crippen LogP contribution in [0.15, 0.2) is 46.1 Å². The molecular weight excluding hydrogens is 412 g/mol. The first-order valence-corrected chi connectivity index (χ1v) is 11.4. The number of fused-ring (bicyclic) bond motifs is 1. The van der Waals surface area contributed by atoms with E-state index in [9.17, 15) is 13.2 Å². The minimum atomic E-state index is -3.82. The maximum atomic E-state index is 13.0. The van der Waals surface area contributed by atoms with Crippen molar-refractivity contribution in [3.8, 4) is 11.5 Å². The van der Waals surface area contributed by atoms with Crippen LogP contribution in [-0.4, -0.2) is 27.2 Å². The van der Waals surface area contributed by atoms with Crippen LogP contribution in [-0.2, 0) is 10.0 Å². The SMILES string of the molecule is COc1ccc(OC)c(C(C)NS(=O)(=O)c2ccc3c(c2)sc(=O)n3C(C)C)c1. The number of thiazole rings is 1. The molecule has 3 aromatic rings. The summed E-state index contributed by atoms with van der Waals surface area (Å²) < 4.78 is 41.5. The average molecular weight is 437 g/mol. The number of nitrogens with one attached hydrogen (secondary N) is 1. The van der Waals surface area contributed by atoms with Crippen LogP contribution in [0, 0.1) is 0 Å². The predicted molar refractivity (Wildman–Crippen MR) is 115 cm³/mol. The molecule has 0 aliphatic rings. The average Bonchev–Trinajstić information content (AvgIpc) is 3.02. The van der Waals surface area contributed by atoms with Gasteiger partial charge >= 0.3 is 4.87 Å². The van der Waals surface area contributed by atoms with Gasteiger partial charge in [0.25, 0.3) is 0 Å². The lowest BCUT2D eigenvalue weighted by Crippen LogP contribution is -2.27. The van der Waals surface area contributed by atoms with Gasteiger partial charge in [-0.25, -0.2) is 13.1 Å².